The van der Waals surface area contributed by atoms with E-state index >= 15 is 0 Å². The Morgan fingerprint density at radius 2 is 2.10 bits per heavy atom. The molecule has 20 heavy (non-hydrogen) atoms. The summed E-state index contributed by atoms with van der Waals surface area (Å²) in [5, 5.41) is 4.04. The lowest BCUT2D eigenvalue weighted by molar-refractivity contribution is 0.787. The molecule has 0 saturated heterocycles. The zero-order valence-electron chi connectivity index (χ0n) is 11.4. The van der Waals surface area contributed by atoms with Crippen LogP contribution in [0.1, 0.15) is 11.3 Å². The van der Waals surface area contributed by atoms with E-state index in [-0.39, 0.29) is 5.56 Å². The Balaban J connectivity index is 2.18. The third kappa shape index (κ3) is 2.02. The predicted molar refractivity (Wildman–Crippen MR) is 79.7 cm³/mol. The van der Waals surface area contributed by atoms with Crippen LogP contribution in [0.5, 0.6) is 0 Å². The average molecular weight is 268 g/mol. The molecule has 0 fully saturated rings. The molecule has 5 nitrogen and oxygen atoms in total. The van der Waals surface area contributed by atoms with E-state index in [9.17, 15) is 4.79 Å². The first-order valence-electron chi connectivity index (χ1n) is 6.51. The number of para-hydroxylation sites is 1. The zero-order chi connectivity index (χ0) is 14.1. The molecule has 3 rings (SSSR count). The van der Waals surface area contributed by atoms with Crippen LogP contribution in [0, 0.1) is 6.92 Å². The van der Waals surface area contributed by atoms with Gasteiger partial charge >= 0.3 is 0 Å². The number of aromatic nitrogens is 3. The van der Waals surface area contributed by atoms with E-state index in [1.165, 1.54) is 0 Å². The summed E-state index contributed by atoms with van der Waals surface area (Å²) in [6.07, 6.45) is 1.88. The summed E-state index contributed by atoms with van der Waals surface area (Å²) in [6, 6.07) is 7.96. The van der Waals surface area contributed by atoms with Crippen LogP contribution in [0.3, 0.4) is 0 Å². The molecule has 0 bridgehead atoms. The van der Waals surface area contributed by atoms with E-state index in [0.717, 1.165) is 22.2 Å². The highest BCUT2D eigenvalue weighted by molar-refractivity contribution is 5.93. The van der Waals surface area contributed by atoms with E-state index in [0.29, 0.717) is 17.9 Å². The maximum absolute atomic E-state index is 12.1. The van der Waals surface area contributed by atoms with Gasteiger partial charge in [-0.15, -0.1) is 0 Å². The van der Waals surface area contributed by atoms with Gasteiger partial charge in [-0.2, -0.15) is 0 Å². The van der Waals surface area contributed by atoms with Crippen molar-refractivity contribution in [1.29, 1.82) is 0 Å². The lowest BCUT2D eigenvalue weighted by Gasteiger charge is -2.06. The minimum absolute atomic E-state index is 0.0906. The number of aromatic amines is 2. The van der Waals surface area contributed by atoms with Crippen molar-refractivity contribution < 1.29 is 0 Å². The SMILES string of the molecule is CNCc1c(C)nc(-c2c[nH]c3ccccc23)[nH]c1=O. The molecule has 5 heteroatoms. The highest BCUT2D eigenvalue weighted by Gasteiger charge is 2.11. The molecular weight excluding hydrogens is 252 g/mol. The molecule has 0 aliphatic carbocycles. The molecule has 0 saturated carbocycles. The first-order chi connectivity index (χ1) is 9.70. The standard InChI is InChI=1S/C15H16N4O/c1-9-11(7-16-2)15(20)19-14(18-9)12-8-17-13-6-4-3-5-10(12)13/h3-6,8,16-17H,7H2,1-2H3,(H,18,19,20). The van der Waals surface area contributed by atoms with Crippen molar-refractivity contribution in [2.24, 2.45) is 0 Å². The highest BCUT2D eigenvalue weighted by atomic mass is 16.1. The van der Waals surface area contributed by atoms with Crippen LogP contribution in [0.15, 0.2) is 35.3 Å². The third-order valence-corrected chi connectivity index (χ3v) is 3.42. The van der Waals surface area contributed by atoms with Crippen LogP contribution in [0.2, 0.25) is 0 Å². The summed E-state index contributed by atoms with van der Waals surface area (Å²) >= 11 is 0. The molecule has 102 valence electrons. The van der Waals surface area contributed by atoms with Crippen molar-refractivity contribution in [2.75, 3.05) is 7.05 Å². The first-order valence-corrected chi connectivity index (χ1v) is 6.51. The first kappa shape index (κ1) is 12.6. The summed E-state index contributed by atoms with van der Waals surface area (Å²) in [4.78, 5) is 22.7. The van der Waals surface area contributed by atoms with Crippen LogP contribution < -0.4 is 10.9 Å². The van der Waals surface area contributed by atoms with E-state index in [2.05, 4.69) is 20.3 Å². The third-order valence-electron chi connectivity index (χ3n) is 3.42. The minimum atomic E-state index is -0.0906. The van der Waals surface area contributed by atoms with Crippen molar-refractivity contribution in [2.45, 2.75) is 13.5 Å². The molecule has 0 amide bonds. The molecule has 2 heterocycles. The van der Waals surface area contributed by atoms with Gasteiger partial charge in [-0.3, -0.25) is 4.79 Å². The van der Waals surface area contributed by atoms with E-state index in [4.69, 9.17) is 0 Å². The fourth-order valence-electron chi connectivity index (χ4n) is 2.39. The van der Waals surface area contributed by atoms with Crippen molar-refractivity contribution in [3.63, 3.8) is 0 Å². The molecule has 0 unspecified atom stereocenters. The Morgan fingerprint density at radius 3 is 2.85 bits per heavy atom. The topological polar surface area (TPSA) is 73.6 Å². The number of H-pyrrole nitrogens is 2. The van der Waals surface area contributed by atoms with Gasteiger partial charge in [0.05, 0.1) is 5.56 Å². The maximum Gasteiger partial charge on any atom is 0.255 e. The van der Waals surface area contributed by atoms with E-state index < -0.39 is 0 Å². The monoisotopic (exact) mass is 268 g/mol. The minimum Gasteiger partial charge on any atom is -0.360 e. The largest absolute Gasteiger partial charge is 0.360 e. The van der Waals surface area contributed by atoms with Crippen LogP contribution in [-0.2, 0) is 6.54 Å². The molecular formula is C15H16N4O. The van der Waals surface area contributed by atoms with Gasteiger partial charge in [0.15, 0.2) is 0 Å². The summed E-state index contributed by atoms with van der Waals surface area (Å²) < 4.78 is 0. The van der Waals surface area contributed by atoms with Crippen LogP contribution in [0.4, 0.5) is 0 Å². The van der Waals surface area contributed by atoms with Crippen LogP contribution in [-0.4, -0.2) is 22.0 Å². The maximum atomic E-state index is 12.1. The Morgan fingerprint density at radius 1 is 1.30 bits per heavy atom. The Hall–Kier alpha value is -2.40. The number of rotatable bonds is 3. The van der Waals surface area contributed by atoms with Gasteiger partial charge < -0.3 is 15.3 Å². The average Bonchev–Trinajstić information content (AvgIpc) is 2.86. The number of hydrogen-bond acceptors (Lipinski definition) is 3. The van der Waals surface area contributed by atoms with Crippen molar-refractivity contribution in [3.8, 4) is 11.4 Å². The highest BCUT2D eigenvalue weighted by Crippen LogP contribution is 2.25. The molecule has 1 aromatic carbocycles. The van der Waals surface area contributed by atoms with Gasteiger partial charge in [-0.05, 0) is 20.0 Å². The van der Waals surface area contributed by atoms with Crippen molar-refractivity contribution in [3.05, 3.63) is 52.1 Å². The number of aryl methyl sites for hydroxylation is 1. The van der Waals surface area contributed by atoms with Gasteiger partial charge in [-0.25, -0.2) is 4.98 Å². The van der Waals surface area contributed by atoms with Gasteiger partial charge in [0, 0.05) is 34.9 Å². The molecule has 3 N–H and O–H groups in total. The summed E-state index contributed by atoms with van der Waals surface area (Å²) in [7, 11) is 1.81. The summed E-state index contributed by atoms with van der Waals surface area (Å²) in [5.74, 6) is 0.602. The quantitative estimate of drug-likeness (QED) is 0.679. The van der Waals surface area contributed by atoms with Crippen molar-refractivity contribution >= 4 is 10.9 Å². The van der Waals surface area contributed by atoms with Gasteiger partial charge in [0.1, 0.15) is 5.82 Å². The van der Waals surface area contributed by atoms with Crippen LogP contribution >= 0.6 is 0 Å². The van der Waals surface area contributed by atoms with E-state index in [1.54, 1.807) is 0 Å². The number of fused-ring (bicyclic) bond motifs is 1. The Bertz CT molecular complexity index is 816. The second kappa shape index (κ2) is 4.94. The lowest BCUT2D eigenvalue weighted by Crippen LogP contribution is -2.21. The fraction of sp³-hybridized carbons (Fsp3) is 0.200. The predicted octanol–water partition coefficient (Wildman–Crippen LogP) is 1.95. The normalized spacial score (nSPS) is 11.1. The molecule has 0 aliphatic rings. The van der Waals surface area contributed by atoms with Crippen molar-refractivity contribution in [1.82, 2.24) is 20.3 Å². The second-order valence-electron chi connectivity index (χ2n) is 4.76. The number of nitrogens with zero attached hydrogens (tertiary/aromatic N) is 1. The Kier molecular flexibility index (Phi) is 3.12. The van der Waals surface area contributed by atoms with Gasteiger partial charge in [0.25, 0.3) is 5.56 Å². The van der Waals surface area contributed by atoms with Crippen LogP contribution in [0.25, 0.3) is 22.3 Å². The lowest BCUT2D eigenvalue weighted by atomic mass is 10.1. The molecule has 3 aromatic rings. The molecule has 0 radical (unpaired) electrons. The molecule has 0 spiro atoms. The summed E-state index contributed by atoms with van der Waals surface area (Å²) in [5.41, 5.74) is 3.28. The zero-order valence-corrected chi connectivity index (χ0v) is 11.4. The van der Waals surface area contributed by atoms with E-state index in [1.807, 2.05) is 44.4 Å². The molecule has 2 aromatic heterocycles. The number of benzene rings is 1. The Labute approximate surface area is 116 Å². The second-order valence-corrected chi connectivity index (χ2v) is 4.76. The van der Waals surface area contributed by atoms with Gasteiger partial charge in [-0.1, -0.05) is 18.2 Å². The number of hydrogen-bond donors (Lipinski definition) is 3. The summed E-state index contributed by atoms with van der Waals surface area (Å²) in [6.45, 7) is 2.38. The molecule has 0 atom stereocenters. The van der Waals surface area contributed by atoms with Gasteiger partial charge in [0.2, 0.25) is 0 Å². The number of nitrogens with one attached hydrogen (secondary N) is 3. The fourth-order valence-corrected chi connectivity index (χ4v) is 2.39. The molecule has 0 aliphatic heterocycles. The smallest absolute Gasteiger partial charge is 0.255 e.